The van der Waals surface area contributed by atoms with Crippen LogP contribution in [-0.2, 0) is 0 Å². The number of rotatable bonds is 4. The average Bonchev–Trinajstić information content (AvgIpc) is 2.21. The number of carbonyl (C=O) groups excluding carboxylic acids is 1. The quantitative estimate of drug-likeness (QED) is 0.607. The Bertz CT molecular complexity index is 357. The van der Waals surface area contributed by atoms with E-state index in [-0.39, 0.29) is 5.78 Å². The van der Waals surface area contributed by atoms with Gasteiger partial charge in [-0.05, 0) is 32.9 Å². The SMILES string of the molecule is CCN(CC)c1cccc(C(C)=O)c1N. The van der Waals surface area contributed by atoms with Crippen LogP contribution in [0.5, 0.6) is 0 Å². The van der Waals surface area contributed by atoms with Crippen LogP contribution in [0.3, 0.4) is 0 Å². The standard InChI is InChI=1S/C12H18N2O/c1-4-14(5-2)11-8-6-7-10(9(3)15)12(11)13/h6-8H,4-5,13H2,1-3H3. The number of hydrogen-bond acceptors (Lipinski definition) is 3. The van der Waals surface area contributed by atoms with E-state index in [1.807, 2.05) is 12.1 Å². The summed E-state index contributed by atoms with van der Waals surface area (Å²) in [5.41, 5.74) is 8.13. The number of ketones is 1. The maximum atomic E-state index is 11.3. The minimum Gasteiger partial charge on any atom is -0.396 e. The smallest absolute Gasteiger partial charge is 0.161 e. The molecular formula is C12H18N2O. The molecule has 1 rings (SSSR count). The molecule has 0 spiro atoms. The Morgan fingerprint density at radius 1 is 1.33 bits per heavy atom. The first-order chi connectivity index (χ1) is 7.11. The summed E-state index contributed by atoms with van der Waals surface area (Å²) >= 11 is 0. The third-order valence-corrected chi connectivity index (χ3v) is 2.57. The molecule has 1 aromatic rings. The van der Waals surface area contributed by atoms with Crippen LogP contribution in [0.4, 0.5) is 11.4 Å². The van der Waals surface area contributed by atoms with Gasteiger partial charge in [0.2, 0.25) is 0 Å². The number of benzene rings is 1. The Kier molecular flexibility index (Phi) is 3.72. The van der Waals surface area contributed by atoms with Crippen LogP contribution >= 0.6 is 0 Å². The number of nitrogens with zero attached hydrogens (tertiary/aromatic N) is 1. The van der Waals surface area contributed by atoms with E-state index < -0.39 is 0 Å². The second-order valence-corrected chi connectivity index (χ2v) is 3.47. The van der Waals surface area contributed by atoms with Gasteiger partial charge in [-0.1, -0.05) is 6.07 Å². The van der Waals surface area contributed by atoms with Crippen molar-refractivity contribution >= 4 is 17.2 Å². The van der Waals surface area contributed by atoms with Gasteiger partial charge in [-0.2, -0.15) is 0 Å². The normalized spacial score (nSPS) is 10.1. The molecule has 1 aromatic carbocycles. The van der Waals surface area contributed by atoms with Crippen LogP contribution in [-0.4, -0.2) is 18.9 Å². The predicted molar refractivity (Wildman–Crippen MR) is 64.4 cm³/mol. The van der Waals surface area contributed by atoms with Crippen LogP contribution < -0.4 is 10.6 Å². The predicted octanol–water partition coefficient (Wildman–Crippen LogP) is 2.32. The van der Waals surface area contributed by atoms with E-state index in [9.17, 15) is 4.79 Å². The van der Waals surface area contributed by atoms with Gasteiger partial charge >= 0.3 is 0 Å². The van der Waals surface area contributed by atoms with Gasteiger partial charge in [0.15, 0.2) is 5.78 Å². The summed E-state index contributed by atoms with van der Waals surface area (Å²) in [6.07, 6.45) is 0. The highest BCUT2D eigenvalue weighted by Gasteiger charge is 2.11. The Balaban J connectivity index is 3.19. The van der Waals surface area contributed by atoms with Crippen LogP contribution in [0.15, 0.2) is 18.2 Å². The monoisotopic (exact) mass is 206 g/mol. The van der Waals surface area contributed by atoms with Crippen LogP contribution in [0, 0.1) is 0 Å². The third kappa shape index (κ3) is 2.29. The van der Waals surface area contributed by atoms with Gasteiger partial charge in [0.25, 0.3) is 0 Å². The molecule has 82 valence electrons. The molecule has 15 heavy (non-hydrogen) atoms. The number of nitrogen functional groups attached to an aromatic ring is 1. The molecule has 0 fully saturated rings. The zero-order chi connectivity index (χ0) is 11.4. The van der Waals surface area contributed by atoms with E-state index >= 15 is 0 Å². The number of anilines is 2. The topological polar surface area (TPSA) is 46.3 Å². The maximum absolute atomic E-state index is 11.3. The summed E-state index contributed by atoms with van der Waals surface area (Å²) in [7, 11) is 0. The van der Waals surface area contributed by atoms with Gasteiger partial charge in [0, 0.05) is 18.7 Å². The lowest BCUT2D eigenvalue weighted by molar-refractivity contribution is 0.101. The highest BCUT2D eigenvalue weighted by molar-refractivity contribution is 6.01. The highest BCUT2D eigenvalue weighted by Crippen LogP contribution is 2.26. The molecule has 0 aliphatic carbocycles. The molecule has 0 radical (unpaired) electrons. The summed E-state index contributed by atoms with van der Waals surface area (Å²) in [5, 5.41) is 0. The zero-order valence-corrected chi connectivity index (χ0v) is 9.58. The van der Waals surface area contributed by atoms with E-state index in [2.05, 4.69) is 18.7 Å². The lowest BCUT2D eigenvalue weighted by atomic mass is 10.1. The Morgan fingerprint density at radius 2 is 1.93 bits per heavy atom. The summed E-state index contributed by atoms with van der Waals surface area (Å²) in [4.78, 5) is 13.5. The van der Waals surface area contributed by atoms with E-state index in [0.29, 0.717) is 11.3 Å². The van der Waals surface area contributed by atoms with Crippen molar-refractivity contribution in [2.45, 2.75) is 20.8 Å². The number of Topliss-reactive ketones (excluding diaryl/α,β-unsaturated/α-hetero) is 1. The molecule has 0 atom stereocenters. The molecule has 3 nitrogen and oxygen atoms in total. The van der Waals surface area contributed by atoms with E-state index in [1.165, 1.54) is 6.92 Å². The highest BCUT2D eigenvalue weighted by atomic mass is 16.1. The van der Waals surface area contributed by atoms with Gasteiger partial charge in [0.1, 0.15) is 0 Å². The molecule has 0 saturated carbocycles. The van der Waals surface area contributed by atoms with Crippen LogP contribution in [0.2, 0.25) is 0 Å². The molecule has 3 heteroatoms. The fourth-order valence-electron chi connectivity index (χ4n) is 1.70. The van der Waals surface area contributed by atoms with Crippen LogP contribution in [0.25, 0.3) is 0 Å². The fourth-order valence-corrected chi connectivity index (χ4v) is 1.70. The summed E-state index contributed by atoms with van der Waals surface area (Å²) in [5.74, 6) is 0.0153. The summed E-state index contributed by atoms with van der Waals surface area (Å²) < 4.78 is 0. The number of nitrogens with two attached hydrogens (primary N) is 1. The number of carbonyl (C=O) groups is 1. The number of hydrogen-bond donors (Lipinski definition) is 1. The summed E-state index contributed by atoms with van der Waals surface area (Å²) in [6.45, 7) is 7.47. The zero-order valence-electron chi connectivity index (χ0n) is 9.58. The van der Waals surface area contributed by atoms with Gasteiger partial charge in [-0.15, -0.1) is 0 Å². The van der Waals surface area contributed by atoms with Crippen molar-refractivity contribution in [1.82, 2.24) is 0 Å². The maximum Gasteiger partial charge on any atom is 0.161 e. The van der Waals surface area contributed by atoms with Crippen molar-refractivity contribution in [2.75, 3.05) is 23.7 Å². The van der Waals surface area contributed by atoms with E-state index in [4.69, 9.17) is 5.73 Å². The molecule has 0 aromatic heterocycles. The van der Waals surface area contributed by atoms with Crippen molar-refractivity contribution in [3.05, 3.63) is 23.8 Å². The van der Waals surface area contributed by atoms with Gasteiger partial charge in [-0.25, -0.2) is 0 Å². The first kappa shape index (κ1) is 11.6. The molecule has 0 aliphatic rings. The molecule has 0 heterocycles. The average molecular weight is 206 g/mol. The molecule has 0 saturated heterocycles. The Hall–Kier alpha value is -1.51. The third-order valence-electron chi connectivity index (χ3n) is 2.57. The van der Waals surface area contributed by atoms with Gasteiger partial charge < -0.3 is 10.6 Å². The minimum absolute atomic E-state index is 0.0153. The Labute approximate surface area is 90.9 Å². The molecule has 0 bridgehead atoms. The minimum atomic E-state index is 0.0153. The van der Waals surface area contributed by atoms with Crippen molar-refractivity contribution in [3.63, 3.8) is 0 Å². The van der Waals surface area contributed by atoms with Crippen molar-refractivity contribution < 1.29 is 4.79 Å². The second kappa shape index (κ2) is 4.82. The van der Waals surface area contributed by atoms with Gasteiger partial charge in [-0.3, -0.25) is 4.79 Å². The van der Waals surface area contributed by atoms with Crippen molar-refractivity contribution in [1.29, 1.82) is 0 Å². The Morgan fingerprint density at radius 3 is 2.40 bits per heavy atom. The second-order valence-electron chi connectivity index (χ2n) is 3.47. The summed E-state index contributed by atoms with van der Waals surface area (Å²) in [6, 6.07) is 5.60. The first-order valence-corrected chi connectivity index (χ1v) is 5.26. The molecule has 0 aliphatic heterocycles. The van der Waals surface area contributed by atoms with Crippen LogP contribution in [0.1, 0.15) is 31.1 Å². The van der Waals surface area contributed by atoms with Crippen molar-refractivity contribution in [3.8, 4) is 0 Å². The molecule has 0 unspecified atom stereocenters. The molecule has 0 amide bonds. The lowest BCUT2D eigenvalue weighted by Gasteiger charge is -2.23. The van der Waals surface area contributed by atoms with Gasteiger partial charge in [0.05, 0.1) is 11.4 Å². The largest absolute Gasteiger partial charge is 0.396 e. The van der Waals surface area contributed by atoms with Crippen molar-refractivity contribution in [2.24, 2.45) is 0 Å². The van der Waals surface area contributed by atoms with E-state index in [1.54, 1.807) is 6.07 Å². The van der Waals surface area contributed by atoms with E-state index in [0.717, 1.165) is 18.8 Å². The fraction of sp³-hybridized carbons (Fsp3) is 0.417. The lowest BCUT2D eigenvalue weighted by Crippen LogP contribution is -2.23. The molecule has 2 N–H and O–H groups in total. The molecular weight excluding hydrogens is 188 g/mol. The number of para-hydroxylation sites is 1. The first-order valence-electron chi connectivity index (χ1n) is 5.26.